The molecule has 35 heavy (non-hydrogen) atoms. The number of ether oxygens (including phenoxy) is 2. The summed E-state index contributed by atoms with van der Waals surface area (Å²) < 4.78 is 30.2. The molecule has 1 aromatic carbocycles. The second-order valence-corrected chi connectivity index (χ2v) is 10.2. The Balaban J connectivity index is 1.00. The number of carbonyl (C=O) groups excluding carboxylic acids is 1. The van der Waals surface area contributed by atoms with Crippen molar-refractivity contribution in [2.24, 2.45) is 5.92 Å². The first-order valence-electron chi connectivity index (χ1n) is 13.1. The molecule has 2 aromatic rings. The molecule has 5 rings (SSSR count). The van der Waals surface area contributed by atoms with Crippen molar-refractivity contribution < 1.29 is 23.2 Å². The predicted octanol–water partition coefficient (Wildman–Crippen LogP) is 3.62. The molecule has 1 aliphatic carbocycles. The highest BCUT2D eigenvalue weighted by Crippen LogP contribution is 2.30. The molecular formula is C26H37FN4O4. The summed E-state index contributed by atoms with van der Waals surface area (Å²) in [5.74, 6) is 1.33. The molecule has 1 N–H and O–H groups in total. The van der Waals surface area contributed by atoms with Crippen LogP contribution in [0, 0.1) is 18.7 Å². The molecule has 8 nitrogen and oxygen atoms in total. The summed E-state index contributed by atoms with van der Waals surface area (Å²) in [6, 6.07) is 3.54. The minimum atomic E-state index is -0.379. The molecule has 0 radical (unpaired) electrons. The molecular weight excluding hydrogens is 451 g/mol. The molecule has 2 saturated heterocycles. The number of benzene rings is 1. The lowest BCUT2D eigenvalue weighted by Gasteiger charge is -2.36. The molecule has 3 fully saturated rings. The number of piperazine rings is 1. The van der Waals surface area contributed by atoms with E-state index in [1.54, 1.807) is 6.92 Å². The Morgan fingerprint density at radius 1 is 1.11 bits per heavy atom. The summed E-state index contributed by atoms with van der Waals surface area (Å²) >= 11 is 0. The Morgan fingerprint density at radius 2 is 1.86 bits per heavy atom. The maximum atomic E-state index is 13.8. The molecule has 0 spiro atoms. The van der Waals surface area contributed by atoms with E-state index in [9.17, 15) is 9.18 Å². The number of aromatic nitrogens is 1. The van der Waals surface area contributed by atoms with Gasteiger partial charge in [0.2, 0.25) is 5.91 Å². The van der Waals surface area contributed by atoms with Crippen molar-refractivity contribution in [2.75, 3.05) is 50.8 Å². The standard InChI is InChI=1S/C26H37FN4O4/c1-18-15-21-23(16-22(18)27)35-29-26(21)31-11-9-30(10-12-31)8-7-19-3-5-20(6-4-19)28-24(32)17-25-33-13-2-14-34-25/h15-16,19-20,25H,2-14,17H2,1H3,(H,28,32). The molecule has 0 bridgehead atoms. The van der Waals surface area contributed by atoms with E-state index in [-0.39, 0.29) is 24.1 Å². The van der Waals surface area contributed by atoms with E-state index < -0.39 is 0 Å². The van der Waals surface area contributed by atoms with Crippen LogP contribution in [0.2, 0.25) is 0 Å². The highest BCUT2D eigenvalue weighted by molar-refractivity contribution is 5.89. The fraction of sp³-hybridized carbons (Fsp3) is 0.692. The van der Waals surface area contributed by atoms with E-state index >= 15 is 0 Å². The van der Waals surface area contributed by atoms with Gasteiger partial charge in [0, 0.05) is 38.3 Å². The predicted molar refractivity (Wildman–Crippen MR) is 131 cm³/mol. The zero-order valence-corrected chi connectivity index (χ0v) is 20.6. The van der Waals surface area contributed by atoms with Crippen LogP contribution in [0.5, 0.6) is 0 Å². The maximum absolute atomic E-state index is 13.8. The third kappa shape index (κ3) is 6.13. The third-order valence-electron chi connectivity index (χ3n) is 7.72. The second kappa shape index (κ2) is 11.2. The molecule has 3 heterocycles. The fourth-order valence-electron chi connectivity index (χ4n) is 5.52. The zero-order chi connectivity index (χ0) is 24.2. The van der Waals surface area contributed by atoms with Crippen molar-refractivity contribution in [3.05, 3.63) is 23.5 Å². The van der Waals surface area contributed by atoms with Crippen molar-refractivity contribution in [3.63, 3.8) is 0 Å². The smallest absolute Gasteiger partial charge is 0.225 e. The molecule has 192 valence electrons. The van der Waals surface area contributed by atoms with E-state index in [0.29, 0.717) is 30.8 Å². The number of amides is 1. The van der Waals surface area contributed by atoms with Gasteiger partial charge in [-0.2, -0.15) is 0 Å². The number of hydrogen-bond donors (Lipinski definition) is 1. The minimum absolute atomic E-state index is 0.0402. The van der Waals surface area contributed by atoms with Crippen LogP contribution in [0.1, 0.15) is 50.5 Å². The van der Waals surface area contributed by atoms with Gasteiger partial charge in [0.1, 0.15) is 5.82 Å². The molecule has 1 aromatic heterocycles. The van der Waals surface area contributed by atoms with Crippen LogP contribution in [0.15, 0.2) is 16.7 Å². The van der Waals surface area contributed by atoms with E-state index in [2.05, 4.69) is 20.3 Å². The van der Waals surface area contributed by atoms with Gasteiger partial charge in [-0.1, -0.05) is 5.16 Å². The summed E-state index contributed by atoms with van der Waals surface area (Å²) in [6.07, 6.45) is 6.47. The number of carbonyl (C=O) groups is 1. The van der Waals surface area contributed by atoms with Crippen LogP contribution in [0.25, 0.3) is 11.0 Å². The molecule has 3 aliphatic rings. The number of hydrogen-bond acceptors (Lipinski definition) is 7. The van der Waals surface area contributed by atoms with Crippen LogP contribution in [0.4, 0.5) is 10.2 Å². The number of aryl methyl sites for hydroxylation is 1. The molecule has 1 saturated carbocycles. The van der Waals surface area contributed by atoms with Crippen LogP contribution in [-0.2, 0) is 14.3 Å². The van der Waals surface area contributed by atoms with E-state index in [4.69, 9.17) is 14.0 Å². The Morgan fingerprint density at radius 3 is 2.60 bits per heavy atom. The SMILES string of the molecule is Cc1cc2c(N3CCN(CCC4CCC(NC(=O)CC5OCCCO5)CC4)CC3)noc2cc1F. The highest BCUT2D eigenvalue weighted by atomic mass is 19.1. The minimum Gasteiger partial charge on any atom is -0.354 e. The van der Waals surface area contributed by atoms with E-state index in [0.717, 1.165) is 69.1 Å². The van der Waals surface area contributed by atoms with Gasteiger partial charge in [-0.25, -0.2) is 4.39 Å². The van der Waals surface area contributed by atoms with Gasteiger partial charge in [-0.15, -0.1) is 0 Å². The Labute approximate surface area is 206 Å². The van der Waals surface area contributed by atoms with Gasteiger partial charge in [0.05, 0.1) is 25.0 Å². The number of halogens is 1. The number of rotatable bonds is 7. The number of nitrogens with zero attached hydrogens (tertiary/aromatic N) is 3. The lowest BCUT2D eigenvalue weighted by molar-refractivity contribution is -0.184. The van der Waals surface area contributed by atoms with Gasteiger partial charge in [0.25, 0.3) is 0 Å². The first-order chi connectivity index (χ1) is 17.0. The normalized spacial score (nSPS) is 24.7. The maximum Gasteiger partial charge on any atom is 0.225 e. The summed E-state index contributed by atoms with van der Waals surface area (Å²) in [6.45, 7) is 8.00. The van der Waals surface area contributed by atoms with Gasteiger partial charge in [0.15, 0.2) is 17.7 Å². The van der Waals surface area contributed by atoms with E-state index in [1.807, 2.05) is 6.07 Å². The van der Waals surface area contributed by atoms with Gasteiger partial charge in [-0.3, -0.25) is 9.69 Å². The number of anilines is 1. The van der Waals surface area contributed by atoms with E-state index in [1.165, 1.54) is 25.3 Å². The zero-order valence-electron chi connectivity index (χ0n) is 20.6. The Bertz CT molecular complexity index is 993. The van der Waals surface area contributed by atoms with Crippen LogP contribution in [-0.4, -0.2) is 74.2 Å². The molecule has 1 amide bonds. The van der Waals surface area contributed by atoms with Gasteiger partial charge >= 0.3 is 0 Å². The number of fused-ring (bicyclic) bond motifs is 1. The lowest BCUT2D eigenvalue weighted by Crippen LogP contribution is -2.47. The first-order valence-corrected chi connectivity index (χ1v) is 13.1. The quantitative estimate of drug-likeness (QED) is 0.638. The molecule has 9 heteroatoms. The summed E-state index contributed by atoms with van der Waals surface area (Å²) in [7, 11) is 0. The Hall–Kier alpha value is -2.23. The van der Waals surface area contributed by atoms with Gasteiger partial charge < -0.3 is 24.2 Å². The van der Waals surface area contributed by atoms with Crippen LogP contribution in [0.3, 0.4) is 0 Å². The van der Waals surface area contributed by atoms with Crippen molar-refractivity contribution in [1.29, 1.82) is 0 Å². The summed E-state index contributed by atoms with van der Waals surface area (Å²) in [4.78, 5) is 17.1. The molecule has 0 unspecified atom stereocenters. The van der Waals surface area contributed by atoms with Crippen molar-refractivity contribution in [1.82, 2.24) is 15.4 Å². The first kappa shape index (κ1) is 24.5. The molecule has 2 aliphatic heterocycles. The molecule has 0 atom stereocenters. The van der Waals surface area contributed by atoms with Crippen LogP contribution < -0.4 is 10.2 Å². The van der Waals surface area contributed by atoms with Crippen molar-refractivity contribution in [3.8, 4) is 0 Å². The average molecular weight is 489 g/mol. The Kier molecular flexibility index (Phi) is 7.84. The van der Waals surface area contributed by atoms with Crippen molar-refractivity contribution >= 4 is 22.7 Å². The van der Waals surface area contributed by atoms with Crippen LogP contribution >= 0.6 is 0 Å². The summed E-state index contributed by atoms with van der Waals surface area (Å²) in [5.41, 5.74) is 1.12. The van der Waals surface area contributed by atoms with Crippen molar-refractivity contribution in [2.45, 2.75) is 64.2 Å². The monoisotopic (exact) mass is 488 g/mol. The fourth-order valence-corrected chi connectivity index (χ4v) is 5.52. The average Bonchev–Trinajstić information content (AvgIpc) is 3.27. The largest absolute Gasteiger partial charge is 0.354 e. The third-order valence-corrected chi connectivity index (χ3v) is 7.72. The second-order valence-electron chi connectivity index (χ2n) is 10.2. The summed E-state index contributed by atoms with van der Waals surface area (Å²) in [5, 5.41) is 8.30. The van der Waals surface area contributed by atoms with Gasteiger partial charge in [-0.05, 0) is 69.5 Å². The highest BCUT2D eigenvalue weighted by Gasteiger charge is 2.26. The lowest BCUT2D eigenvalue weighted by atomic mass is 9.84. The topological polar surface area (TPSA) is 80.1 Å². The number of nitrogens with one attached hydrogen (secondary N) is 1.